The fourth-order valence-electron chi connectivity index (χ4n) is 5.82. The van der Waals surface area contributed by atoms with Crippen LogP contribution >= 0.6 is 0 Å². The van der Waals surface area contributed by atoms with Gasteiger partial charge in [0, 0.05) is 36.0 Å². The van der Waals surface area contributed by atoms with Gasteiger partial charge in [0.25, 0.3) is 0 Å². The van der Waals surface area contributed by atoms with Crippen molar-refractivity contribution in [3.8, 4) is 11.1 Å². The van der Waals surface area contributed by atoms with Crippen molar-refractivity contribution in [2.24, 2.45) is 21.5 Å². The fourth-order valence-corrected chi connectivity index (χ4v) is 5.82. The summed E-state index contributed by atoms with van der Waals surface area (Å²) in [6.07, 6.45) is 12.7. The second-order valence-corrected chi connectivity index (χ2v) is 11.6. The van der Waals surface area contributed by atoms with Crippen molar-refractivity contribution in [2.45, 2.75) is 76.2 Å². The minimum absolute atomic E-state index is 0.187. The summed E-state index contributed by atoms with van der Waals surface area (Å²) in [6, 6.07) is 26.0. The number of unbranched alkanes of at least 4 members (excludes halogenated alkanes) is 2. The number of benzene rings is 3. The van der Waals surface area contributed by atoms with Gasteiger partial charge < -0.3 is 22.2 Å². The van der Waals surface area contributed by atoms with Crippen molar-refractivity contribution in [3.63, 3.8) is 0 Å². The van der Waals surface area contributed by atoms with Crippen molar-refractivity contribution in [1.82, 2.24) is 0 Å². The van der Waals surface area contributed by atoms with Crippen molar-refractivity contribution < 1.29 is 0 Å². The quantitative estimate of drug-likeness (QED) is 0.0846. The molecule has 0 saturated heterocycles. The first-order valence-electron chi connectivity index (χ1n) is 15.8. The Morgan fingerprint density at radius 1 is 0.930 bits per heavy atom. The summed E-state index contributed by atoms with van der Waals surface area (Å²) in [4.78, 5) is 9.14. The molecule has 0 radical (unpaired) electrons. The Morgan fingerprint density at radius 3 is 2.19 bits per heavy atom. The molecule has 0 bridgehead atoms. The van der Waals surface area contributed by atoms with Gasteiger partial charge in [-0.3, -0.25) is 9.98 Å². The van der Waals surface area contributed by atoms with Crippen LogP contribution in [0.15, 0.2) is 95.4 Å². The molecule has 0 heterocycles. The van der Waals surface area contributed by atoms with Gasteiger partial charge in [0.15, 0.2) is 0 Å². The van der Waals surface area contributed by atoms with Crippen LogP contribution in [0.2, 0.25) is 0 Å². The van der Waals surface area contributed by atoms with E-state index < -0.39 is 0 Å². The van der Waals surface area contributed by atoms with Gasteiger partial charge in [-0.2, -0.15) is 0 Å². The number of rotatable bonds is 15. The first-order chi connectivity index (χ1) is 21.0. The van der Waals surface area contributed by atoms with Crippen LogP contribution in [0.25, 0.3) is 11.1 Å². The fraction of sp³-hybridized carbons (Fsp3) is 0.378. The van der Waals surface area contributed by atoms with Crippen LogP contribution in [0.1, 0.15) is 75.0 Å². The molecule has 43 heavy (non-hydrogen) atoms. The van der Waals surface area contributed by atoms with E-state index in [-0.39, 0.29) is 11.5 Å². The van der Waals surface area contributed by atoms with Gasteiger partial charge in [-0.1, -0.05) is 87.0 Å². The van der Waals surface area contributed by atoms with E-state index >= 15 is 0 Å². The van der Waals surface area contributed by atoms with Crippen LogP contribution in [0.3, 0.4) is 0 Å². The van der Waals surface area contributed by atoms with Gasteiger partial charge in [0.1, 0.15) is 11.7 Å². The molecule has 6 N–H and O–H groups in total. The predicted octanol–water partition coefficient (Wildman–Crippen LogP) is 7.67. The lowest BCUT2D eigenvalue weighted by atomic mass is 9.69. The molecule has 226 valence electrons. The van der Waals surface area contributed by atoms with E-state index in [1.165, 1.54) is 30.4 Å². The van der Waals surface area contributed by atoms with E-state index in [2.05, 4.69) is 96.6 Å². The van der Waals surface area contributed by atoms with Gasteiger partial charge in [-0.05, 0) is 85.4 Å². The number of nitrogens with zero attached hydrogens (tertiary/aromatic N) is 2. The third kappa shape index (κ3) is 8.90. The van der Waals surface area contributed by atoms with Crippen molar-refractivity contribution in [3.05, 3.63) is 102 Å². The molecular weight excluding hydrogens is 528 g/mol. The van der Waals surface area contributed by atoms with E-state index in [9.17, 15) is 0 Å². The second kappa shape index (κ2) is 15.9. The van der Waals surface area contributed by atoms with E-state index in [1.54, 1.807) is 12.3 Å². The summed E-state index contributed by atoms with van der Waals surface area (Å²) >= 11 is 0. The molecule has 0 aliphatic heterocycles. The molecule has 0 atom stereocenters. The zero-order valence-corrected chi connectivity index (χ0v) is 25.7. The normalized spacial score (nSPS) is 19.1. The monoisotopic (exact) mass is 576 g/mol. The third-order valence-corrected chi connectivity index (χ3v) is 8.61. The summed E-state index contributed by atoms with van der Waals surface area (Å²) in [6.45, 7) is 7.36. The van der Waals surface area contributed by atoms with Crippen LogP contribution in [-0.2, 0) is 11.8 Å². The molecule has 3 aromatic carbocycles. The molecule has 0 spiro atoms. The molecule has 1 fully saturated rings. The number of aryl methyl sites for hydroxylation is 1. The molecule has 1 aliphatic rings. The van der Waals surface area contributed by atoms with Crippen molar-refractivity contribution >= 4 is 23.6 Å². The Bertz CT molecular complexity index is 1360. The van der Waals surface area contributed by atoms with E-state index in [0.29, 0.717) is 18.2 Å². The zero-order chi connectivity index (χ0) is 30.5. The standard InChI is InChI=1S/C37H48N6/c1-3-5-6-8-28-9-17-32(18-10-28)37(27-38)23-21-34(22-24-37)43-36(40)31-13-11-29(12-14-31)30-15-19-33(20-16-30)41-25-7-26-42-35(39)4-2/h4,9-20,27,34,38,41H,2-3,5-8,21-26H2,1H3,(H2,39,42)(H2,40,43). The lowest BCUT2D eigenvalue weighted by Crippen LogP contribution is -2.35. The maximum atomic E-state index is 8.28. The Hall–Kier alpha value is -4.19. The van der Waals surface area contributed by atoms with Crippen LogP contribution in [0.5, 0.6) is 0 Å². The Labute approximate surface area is 257 Å². The summed E-state index contributed by atoms with van der Waals surface area (Å²) < 4.78 is 0. The average molecular weight is 577 g/mol. The predicted molar refractivity (Wildman–Crippen MR) is 185 cm³/mol. The molecule has 0 unspecified atom stereocenters. The van der Waals surface area contributed by atoms with E-state index in [4.69, 9.17) is 21.9 Å². The van der Waals surface area contributed by atoms with Gasteiger partial charge >= 0.3 is 0 Å². The highest BCUT2D eigenvalue weighted by atomic mass is 14.9. The van der Waals surface area contributed by atoms with E-state index in [1.807, 2.05) is 0 Å². The minimum Gasteiger partial charge on any atom is -0.385 e. The molecule has 1 aliphatic carbocycles. The number of amidine groups is 2. The maximum absolute atomic E-state index is 8.28. The van der Waals surface area contributed by atoms with E-state index in [0.717, 1.165) is 67.4 Å². The topological polar surface area (TPSA) is 113 Å². The second-order valence-electron chi connectivity index (χ2n) is 11.6. The first-order valence-corrected chi connectivity index (χ1v) is 15.8. The summed E-state index contributed by atoms with van der Waals surface area (Å²) in [5.41, 5.74) is 18.9. The maximum Gasteiger partial charge on any atom is 0.125 e. The number of anilines is 1. The SMILES string of the molecule is C=CC(N)=NCCCNc1ccc(-c2ccc(C(N)=NC3CCC(C=N)(c4ccc(CCCCC)cc4)CC3)cc2)cc1. The molecule has 6 nitrogen and oxygen atoms in total. The first kappa shape index (κ1) is 31.7. The number of aliphatic imine (C=N–C) groups is 2. The lowest BCUT2D eigenvalue weighted by Gasteiger charge is -2.36. The highest BCUT2D eigenvalue weighted by molar-refractivity contribution is 5.98. The number of nitrogens with two attached hydrogens (primary N) is 2. The van der Waals surface area contributed by atoms with Crippen LogP contribution in [0, 0.1) is 5.41 Å². The third-order valence-electron chi connectivity index (χ3n) is 8.61. The van der Waals surface area contributed by atoms with Gasteiger partial charge in [0.2, 0.25) is 0 Å². The molecular formula is C37H48N6. The lowest BCUT2D eigenvalue weighted by molar-refractivity contribution is 0.349. The Kier molecular flexibility index (Phi) is 11.7. The number of hydrogen-bond donors (Lipinski definition) is 4. The van der Waals surface area contributed by atoms with Crippen LogP contribution < -0.4 is 16.8 Å². The summed E-state index contributed by atoms with van der Waals surface area (Å²) in [7, 11) is 0. The molecule has 1 saturated carbocycles. The number of nitrogens with one attached hydrogen (secondary N) is 2. The molecule has 0 amide bonds. The Balaban J connectivity index is 1.29. The molecule has 0 aromatic heterocycles. The summed E-state index contributed by atoms with van der Waals surface area (Å²) in [5.74, 6) is 1.08. The largest absolute Gasteiger partial charge is 0.385 e. The van der Waals surface area contributed by atoms with Crippen LogP contribution in [0.4, 0.5) is 5.69 Å². The highest BCUT2D eigenvalue weighted by Gasteiger charge is 2.35. The van der Waals surface area contributed by atoms with Crippen molar-refractivity contribution in [2.75, 3.05) is 18.4 Å². The molecule has 6 heteroatoms. The van der Waals surface area contributed by atoms with Gasteiger partial charge in [-0.15, -0.1) is 0 Å². The average Bonchev–Trinajstić information content (AvgIpc) is 3.06. The smallest absolute Gasteiger partial charge is 0.125 e. The Morgan fingerprint density at radius 2 is 1.58 bits per heavy atom. The molecule has 4 rings (SSSR count). The molecule has 3 aromatic rings. The van der Waals surface area contributed by atoms with Gasteiger partial charge in [-0.25, -0.2) is 0 Å². The van der Waals surface area contributed by atoms with Crippen molar-refractivity contribution in [1.29, 1.82) is 5.41 Å². The van der Waals surface area contributed by atoms with Gasteiger partial charge in [0.05, 0.1) is 6.04 Å². The highest BCUT2D eigenvalue weighted by Crippen LogP contribution is 2.39. The zero-order valence-electron chi connectivity index (χ0n) is 25.7. The number of hydrogen-bond acceptors (Lipinski definition) is 4. The van der Waals surface area contributed by atoms with Crippen LogP contribution in [-0.4, -0.2) is 37.0 Å². The summed E-state index contributed by atoms with van der Waals surface area (Å²) in [5, 5.41) is 11.7. The minimum atomic E-state index is -0.191.